The molecule has 0 bridgehead atoms. The zero-order chi connectivity index (χ0) is 14.5. The van der Waals surface area contributed by atoms with Crippen LogP contribution in [-0.4, -0.2) is 19.7 Å². The van der Waals surface area contributed by atoms with Crippen LogP contribution >= 0.6 is 0 Å². The van der Waals surface area contributed by atoms with Crippen LogP contribution in [-0.2, 0) is 12.8 Å². The molecule has 0 amide bonds. The third kappa shape index (κ3) is 3.79. The van der Waals surface area contributed by atoms with E-state index in [9.17, 15) is 0 Å². The summed E-state index contributed by atoms with van der Waals surface area (Å²) in [6.45, 7) is 5.41. The van der Waals surface area contributed by atoms with Gasteiger partial charge in [-0.15, -0.1) is 0 Å². The lowest BCUT2D eigenvalue weighted by atomic mass is 9.76. The Kier molecular flexibility index (Phi) is 5.18. The smallest absolute Gasteiger partial charge is 0.122 e. The maximum absolute atomic E-state index is 5.60. The predicted octanol–water partition coefficient (Wildman–Crippen LogP) is 3.97. The number of ether oxygens (including phenoxy) is 1. The Hall–Kier alpha value is -1.02. The van der Waals surface area contributed by atoms with Crippen LogP contribution in [0.1, 0.15) is 50.2 Å². The van der Waals surface area contributed by atoms with Crippen LogP contribution in [0.2, 0.25) is 0 Å². The molecule has 1 saturated carbocycles. The fourth-order valence-electron chi connectivity index (χ4n) is 4.01. The van der Waals surface area contributed by atoms with Gasteiger partial charge in [-0.05, 0) is 61.4 Å². The first kappa shape index (κ1) is 14.9. The topological polar surface area (TPSA) is 21.3 Å². The minimum atomic E-state index is 0.867. The number of nitrogens with one attached hydrogen (secondary N) is 1. The molecule has 0 radical (unpaired) electrons. The highest BCUT2D eigenvalue weighted by atomic mass is 16.5. The fourth-order valence-corrected chi connectivity index (χ4v) is 4.01. The molecule has 3 rings (SSSR count). The molecule has 116 valence electrons. The van der Waals surface area contributed by atoms with Crippen molar-refractivity contribution in [2.45, 2.75) is 51.9 Å². The van der Waals surface area contributed by atoms with Gasteiger partial charge in [0.2, 0.25) is 0 Å². The second-order valence-corrected chi connectivity index (χ2v) is 6.69. The first-order chi connectivity index (χ1) is 10.4. The highest BCUT2D eigenvalue weighted by Gasteiger charge is 2.24. The molecule has 1 N–H and O–H groups in total. The van der Waals surface area contributed by atoms with Crippen molar-refractivity contribution < 1.29 is 4.74 Å². The van der Waals surface area contributed by atoms with Gasteiger partial charge in [0.1, 0.15) is 5.75 Å². The molecule has 2 unspecified atom stereocenters. The molecule has 2 heteroatoms. The summed E-state index contributed by atoms with van der Waals surface area (Å²) in [5.74, 6) is 2.93. The highest BCUT2D eigenvalue weighted by molar-refractivity contribution is 5.39. The molecule has 2 atom stereocenters. The van der Waals surface area contributed by atoms with Gasteiger partial charge in [-0.2, -0.15) is 0 Å². The average molecular weight is 287 g/mol. The Labute approximate surface area is 129 Å². The molecule has 1 aliphatic heterocycles. The molecular weight excluding hydrogens is 258 g/mol. The second kappa shape index (κ2) is 7.31. The van der Waals surface area contributed by atoms with Gasteiger partial charge in [-0.3, -0.25) is 0 Å². The summed E-state index contributed by atoms with van der Waals surface area (Å²) >= 11 is 0. The van der Waals surface area contributed by atoms with Crippen molar-refractivity contribution in [3.05, 3.63) is 29.3 Å². The Balaban J connectivity index is 1.55. The molecule has 2 nitrogen and oxygen atoms in total. The highest BCUT2D eigenvalue weighted by Crippen LogP contribution is 2.33. The molecule has 0 spiro atoms. The van der Waals surface area contributed by atoms with E-state index in [2.05, 4.69) is 30.4 Å². The van der Waals surface area contributed by atoms with Gasteiger partial charge < -0.3 is 10.1 Å². The first-order valence-corrected chi connectivity index (χ1v) is 8.82. The summed E-state index contributed by atoms with van der Waals surface area (Å²) in [5.41, 5.74) is 2.92. The number of benzene rings is 1. The van der Waals surface area contributed by atoms with E-state index in [4.69, 9.17) is 4.74 Å². The van der Waals surface area contributed by atoms with Crippen molar-refractivity contribution in [3.8, 4) is 5.75 Å². The molecule has 1 aromatic rings. The van der Waals surface area contributed by atoms with Crippen molar-refractivity contribution in [3.63, 3.8) is 0 Å². The summed E-state index contributed by atoms with van der Waals surface area (Å²) in [7, 11) is 0. The molecule has 1 fully saturated rings. The van der Waals surface area contributed by atoms with Gasteiger partial charge in [0.25, 0.3) is 0 Å². The predicted molar refractivity (Wildman–Crippen MR) is 88.0 cm³/mol. The summed E-state index contributed by atoms with van der Waals surface area (Å²) in [5, 5.41) is 3.56. The normalized spacial score (nSPS) is 24.6. The van der Waals surface area contributed by atoms with E-state index in [0.717, 1.165) is 37.2 Å². The van der Waals surface area contributed by atoms with Crippen LogP contribution in [0.3, 0.4) is 0 Å². The van der Waals surface area contributed by atoms with Crippen molar-refractivity contribution >= 4 is 0 Å². The average Bonchev–Trinajstić information content (AvgIpc) is 2.99. The van der Waals surface area contributed by atoms with Crippen LogP contribution in [0.4, 0.5) is 0 Å². The summed E-state index contributed by atoms with van der Waals surface area (Å²) in [6.07, 6.45) is 9.42. The van der Waals surface area contributed by atoms with E-state index in [1.807, 2.05) is 0 Å². The van der Waals surface area contributed by atoms with E-state index in [1.165, 1.54) is 56.2 Å². The molecule has 1 aromatic carbocycles. The van der Waals surface area contributed by atoms with E-state index in [0.29, 0.717) is 0 Å². The SMILES string of the molecule is CCNCC1CCCCC1CCc1ccc2c(c1)CCO2. The van der Waals surface area contributed by atoms with E-state index >= 15 is 0 Å². The number of hydrogen-bond acceptors (Lipinski definition) is 2. The van der Waals surface area contributed by atoms with E-state index < -0.39 is 0 Å². The van der Waals surface area contributed by atoms with E-state index in [-0.39, 0.29) is 0 Å². The monoisotopic (exact) mass is 287 g/mol. The fraction of sp³-hybridized carbons (Fsp3) is 0.684. The van der Waals surface area contributed by atoms with Gasteiger partial charge in [-0.1, -0.05) is 38.3 Å². The van der Waals surface area contributed by atoms with Crippen molar-refractivity contribution in [1.82, 2.24) is 5.32 Å². The Bertz CT molecular complexity index is 457. The van der Waals surface area contributed by atoms with Crippen LogP contribution in [0.5, 0.6) is 5.75 Å². The third-order valence-corrected chi connectivity index (χ3v) is 5.28. The minimum Gasteiger partial charge on any atom is -0.493 e. The summed E-state index contributed by atoms with van der Waals surface area (Å²) in [4.78, 5) is 0. The standard InChI is InChI=1S/C19H29NO/c1-2-20-14-18-6-4-3-5-16(18)9-7-15-8-10-19-17(13-15)11-12-21-19/h8,10,13,16,18,20H,2-7,9,11-12,14H2,1H3. The molecule has 0 saturated heterocycles. The van der Waals surface area contributed by atoms with Gasteiger partial charge in [0.15, 0.2) is 0 Å². The van der Waals surface area contributed by atoms with Crippen molar-refractivity contribution in [2.24, 2.45) is 11.8 Å². The lowest BCUT2D eigenvalue weighted by Crippen LogP contribution is -2.30. The summed E-state index contributed by atoms with van der Waals surface area (Å²) in [6, 6.07) is 6.82. The van der Waals surface area contributed by atoms with E-state index in [1.54, 1.807) is 0 Å². The number of hydrogen-bond donors (Lipinski definition) is 1. The van der Waals surface area contributed by atoms with Crippen LogP contribution in [0.15, 0.2) is 18.2 Å². The minimum absolute atomic E-state index is 0.867. The first-order valence-electron chi connectivity index (χ1n) is 8.82. The lowest BCUT2D eigenvalue weighted by molar-refractivity contribution is 0.219. The van der Waals surface area contributed by atoms with Gasteiger partial charge >= 0.3 is 0 Å². The van der Waals surface area contributed by atoms with Crippen LogP contribution in [0, 0.1) is 11.8 Å². The van der Waals surface area contributed by atoms with Crippen molar-refractivity contribution in [2.75, 3.05) is 19.7 Å². The number of rotatable bonds is 6. The van der Waals surface area contributed by atoms with Crippen LogP contribution in [0.25, 0.3) is 0 Å². The Morgan fingerprint density at radius 1 is 1.19 bits per heavy atom. The molecule has 2 aliphatic rings. The largest absolute Gasteiger partial charge is 0.493 e. The number of fused-ring (bicyclic) bond motifs is 1. The maximum Gasteiger partial charge on any atom is 0.122 e. The quantitative estimate of drug-likeness (QED) is 0.855. The van der Waals surface area contributed by atoms with Crippen molar-refractivity contribution in [1.29, 1.82) is 0 Å². The Morgan fingerprint density at radius 3 is 2.90 bits per heavy atom. The third-order valence-electron chi connectivity index (χ3n) is 5.28. The van der Waals surface area contributed by atoms with Gasteiger partial charge in [0, 0.05) is 6.42 Å². The maximum atomic E-state index is 5.60. The molecule has 1 aliphatic carbocycles. The molecule has 21 heavy (non-hydrogen) atoms. The Morgan fingerprint density at radius 2 is 2.05 bits per heavy atom. The zero-order valence-electron chi connectivity index (χ0n) is 13.4. The summed E-state index contributed by atoms with van der Waals surface area (Å²) < 4.78 is 5.60. The van der Waals surface area contributed by atoms with Gasteiger partial charge in [0.05, 0.1) is 6.61 Å². The van der Waals surface area contributed by atoms with Gasteiger partial charge in [-0.25, -0.2) is 0 Å². The lowest BCUT2D eigenvalue weighted by Gasteiger charge is -2.32. The van der Waals surface area contributed by atoms with Crippen LogP contribution < -0.4 is 10.1 Å². The second-order valence-electron chi connectivity index (χ2n) is 6.69. The molecule has 0 aromatic heterocycles. The molecular formula is C19H29NO. The zero-order valence-corrected chi connectivity index (χ0v) is 13.4. The molecule has 1 heterocycles. The number of aryl methyl sites for hydroxylation is 1.